The summed E-state index contributed by atoms with van der Waals surface area (Å²) in [4.78, 5) is 0.269. The summed E-state index contributed by atoms with van der Waals surface area (Å²) in [7, 11) is -3.37. The number of H-pyrrole nitrogens is 1. The van der Waals surface area contributed by atoms with E-state index in [0.717, 1.165) is 25.9 Å². The Morgan fingerprint density at radius 2 is 2.29 bits per heavy atom. The molecule has 0 bridgehead atoms. The van der Waals surface area contributed by atoms with E-state index in [1.165, 1.54) is 12.4 Å². The number of sulfonamides is 1. The third-order valence-electron chi connectivity index (χ3n) is 3.71. The Kier molecular flexibility index (Phi) is 2.68. The zero-order chi connectivity index (χ0) is 11.9. The van der Waals surface area contributed by atoms with Crippen LogP contribution in [-0.4, -0.2) is 48.6 Å². The van der Waals surface area contributed by atoms with E-state index in [4.69, 9.17) is 0 Å². The maximum absolute atomic E-state index is 12.4. The quantitative estimate of drug-likeness (QED) is 0.767. The maximum atomic E-state index is 12.4. The van der Waals surface area contributed by atoms with Gasteiger partial charge in [0, 0.05) is 25.3 Å². The molecule has 2 atom stereocenters. The summed E-state index contributed by atoms with van der Waals surface area (Å²) in [5.74, 6) is 0.463. The molecule has 2 unspecified atom stereocenters. The summed E-state index contributed by atoms with van der Waals surface area (Å²) in [6, 6.07) is 0.114. The fourth-order valence-corrected chi connectivity index (χ4v) is 4.47. The van der Waals surface area contributed by atoms with Crippen molar-refractivity contribution in [3.05, 3.63) is 12.4 Å². The Balaban J connectivity index is 1.93. The van der Waals surface area contributed by atoms with Crippen molar-refractivity contribution in [1.29, 1.82) is 0 Å². The third-order valence-corrected chi connectivity index (χ3v) is 5.60. The van der Waals surface area contributed by atoms with Crippen molar-refractivity contribution in [2.45, 2.75) is 23.8 Å². The van der Waals surface area contributed by atoms with Crippen LogP contribution in [0, 0.1) is 5.92 Å². The zero-order valence-electron chi connectivity index (χ0n) is 9.46. The fourth-order valence-electron chi connectivity index (χ4n) is 2.84. The first-order valence-corrected chi connectivity index (χ1v) is 7.35. The zero-order valence-corrected chi connectivity index (χ0v) is 10.3. The van der Waals surface area contributed by atoms with Crippen LogP contribution in [0.5, 0.6) is 0 Å². The lowest BCUT2D eigenvalue weighted by molar-refractivity contribution is 0.217. The van der Waals surface area contributed by atoms with Gasteiger partial charge in [0.2, 0.25) is 10.0 Å². The maximum Gasteiger partial charge on any atom is 0.246 e. The van der Waals surface area contributed by atoms with Gasteiger partial charge in [-0.3, -0.25) is 5.10 Å². The van der Waals surface area contributed by atoms with Gasteiger partial charge in [0.25, 0.3) is 0 Å². The van der Waals surface area contributed by atoms with Crippen LogP contribution in [0.3, 0.4) is 0 Å². The van der Waals surface area contributed by atoms with Gasteiger partial charge >= 0.3 is 0 Å². The summed E-state index contributed by atoms with van der Waals surface area (Å²) in [5.41, 5.74) is 0. The highest BCUT2D eigenvalue weighted by Gasteiger charge is 2.41. The predicted molar refractivity (Wildman–Crippen MR) is 61.9 cm³/mol. The van der Waals surface area contributed by atoms with Crippen molar-refractivity contribution in [3.63, 3.8) is 0 Å². The van der Waals surface area contributed by atoms with E-state index in [9.17, 15) is 8.42 Å². The van der Waals surface area contributed by atoms with Gasteiger partial charge in [-0.05, 0) is 25.3 Å². The number of fused-ring (bicyclic) bond motifs is 1. The molecule has 1 aromatic rings. The molecule has 0 amide bonds. The second-order valence-corrected chi connectivity index (χ2v) is 6.57. The molecule has 2 saturated heterocycles. The molecule has 2 aliphatic rings. The third kappa shape index (κ3) is 1.78. The average molecular weight is 256 g/mol. The van der Waals surface area contributed by atoms with Crippen LogP contribution in [0.1, 0.15) is 12.8 Å². The molecule has 7 heteroatoms. The van der Waals surface area contributed by atoms with Crippen molar-refractivity contribution in [2.75, 3.05) is 19.6 Å². The Bertz CT molecular complexity index is 484. The topological polar surface area (TPSA) is 78.1 Å². The lowest BCUT2D eigenvalue weighted by Crippen LogP contribution is -2.48. The molecule has 2 N–H and O–H groups in total. The second kappa shape index (κ2) is 4.08. The molecule has 0 radical (unpaired) electrons. The Morgan fingerprint density at radius 1 is 1.41 bits per heavy atom. The molecule has 0 spiro atoms. The smallest absolute Gasteiger partial charge is 0.246 e. The van der Waals surface area contributed by atoms with Crippen molar-refractivity contribution >= 4 is 10.0 Å². The number of hydrogen-bond donors (Lipinski definition) is 2. The minimum Gasteiger partial charge on any atom is -0.315 e. The van der Waals surface area contributed by atoms with Crippen LogP contribution in [0.2, 0.25) is 0 Å². The SMILES string of the molecule is O=S(=O)(c1cn[nH]c1)N1CCCC2CNCC21. The molecule has 1 aromatic heterocycles. The van der Waals surface area contributed by atoms with Crippen LogP contribution >= 0.6 is 0 Å². The first kappa shape index (κ1) is 11.2. The summed E-state index contributed by atoms with van der Waals surface area (Å²) < 4.78 is 26.5. The second-order valence-electron chi connectivity index (χ2n) is 4.68. The van der Waals surface area contributed by atoms with E-state index in [0.29, 0.717) is 12.5 Å². The molecule has 0 aromatic carbocycles. The summed E-state index contributed by atoms with van der Waals surface area (Å²) in [5, 5.41) is 9.57. The first-order valence-electron chi connectivity index (χ1n) is 5.91. The van der Waals surface area contributed by atoms with Crippen LogP contribution in [0.4, 0.5) is 0 Å². The highest BCUT2D eigenvalue weighted by atomic mass is 32.2. The van der Waals surface area contributed by atoms with Gasteiger partial charge in [0.05, 0.1) is 6.20 Å². The Labute approximate surface area is 100 Å². The molecule has 0 saturated carbocycles. The number of nitrogens with one attached hydrogen (secondary N) is 2. The van der Waals surface area contributed by atoms with Crippen molar-refractivity contribution < 1.29 is 8.42 Å². The standard InChI is InChI=1S/C10H16N4O2S/c15-17(16,9-5-12-13-6-9)14-3-1-2-8-4-11-7-10(8)14/h5-6,8,10-11H,1-4,7H2,(H,12,13). The number of hydrogen-bond acceptors (Lipinski definition) is 4. The van der Waals surface area contributed by atoms with Crippen LogP contribution in [0.15, 0.2) is 17.3 Å². The predicted octanol–water partition coefficient (Wildman–Crippen LogP) is -0.218. The molecule has 0 aliphatic carbocycles. The van der Waals surface area contributed by atoms with Gasteiger partial charge in [-0.1, -0.05) is 0 Å². The van der Waals surface area contributed by atoms with E-state index < -0.39 is 10.0 Å². The van der Waals surface area contributed by atoms with Gasteiger partial charge in [-0.2, -0.15) is 9.40 Å². The van der Waals surface area contributed by atoms with E-state index in [-0.39, 0.29) is 10.9 Å². The minimum atomic E-state index is -3.37. The highest BCUT2D eigenvalue weighted by molar-refractivity contribution is 7.89. The van der Waals surface area contributed by atoms with E-state index in [2.05, 4.69) is 15.5 Å². The van der Waals surface area contributed by atoms with E-state index in [1.807, 2.05) is 0 Å². The summed E-state index contributed by atoms with van der Waals surface area (Å²) in [6.07, 6.45) is 4.89. The lowest BCUT2D eigenvalue weighted by Gasteiger charge is -2.35. The van der Waals surface area contributed by atoms with Gasteiger partial charge in [-0.25, -0.2) is 8.42 Å². The molecule has 6 nitrogen and oxygen atoms in total. The van der Waals surface area contributed by atoms with Crippen molar-refractivity contribution in [2.24, 2.45) is 5.92 Å². The van der Waals surface area contributed by atoms with E-state index >= 15 is 0 Å². The summed E-state index contributed by atoms with van der Waals surface area (Å²) >= 11 is 0. The number of nitrogens with zero attached hydrogens (tertiary/aromatic N) is 2. The van der Waals surface area contributed by atoms with Gasteiger partial charge < -0.3 is 5.32 Å². The highest BCUT2D eigenvalue weighted by Crippen LogP contribution is 2.30. The number of piperidine rings is 1. The molecular weight excluding hydrogens is 240 g/mol. The largest absolute Gasteiger partial charge is 0.315 e. The molecule has 94 valence electrons. The van der Waals surface area contributed by atoms with Crippen molar-refractivity contribution in [1.82, 2.24) is 19.8 Å². The van der Waals surface area contributed by atoms with Crippen LogP contribution in [-0.2, 0) is 10.0 Å². The van der Waals surface area contributed by atoms with Gasteiger partial charge in [-0.15, -0.1) is 0 Å². The Morgan fingerprint density at radius 3 is 3.06 bits per heavy atom. The molecular formula is C10H16N4O2S. The number of rotatable bonds is 2. The molecule has 3 rings (SSSR count). The van der Waals surface area contributed by atoms with Gasteiger partial charge in [0.15, 0.2) is 0 Å². The van der Waals surface area contributed by atoms with Gasteiger partial charge in [0.1, 0.15) is 4.90 Å². The first-order chi connectivity index (χ1) is 8.19. The monoisotopic (exact) mass is 256 g/mol. The minimum absolute atomic E-state index is 0.114. The summed E-state index contributed by atoms with van der Waals surface area (Å²) in [6.45, 7) is 2.32. The fraction of sp³-hybridized carbons (Fsp3) is 0.700. The molecule has 2 aliphatic heterocycles. The average Bonchev–Trinajstić information content (AvgIpc) is 2.99. The van der Waals surface area contributed by atoms with Crippen molar-refractivity contribution in [3.8, 4) is 0 Å². The Hall–Kier alpha value is -0.920. The number of aromatic amines is 1. The van der Waals surface area contributed by atoms with Crippen LogP contribution < -0.4 is 5.32 Å². The molecule has 17 heavy (non-hydrogen) atoms. The molecule has 3 heterocycles. The van der Waals surface area contributed by atoms with Crippen LogP contribution in [0.25, 0.3) is 0 Å². The number of aromatic nitrogens is 2. The normalized spacial score (nSPS) is 30.4. The molecule has 2 fully saturated rings. The lowest BCUT2D eigenvalue weighted by atomic mass is 9.94. The van der Waals surface area contributed by atoms with E-state index in [1.54, 1.807) is 4.31 Å².